The van der Waals surface area contributed by atoms with Crippen LogP contribution in [0.3, 0.4) is 0 Å². The van der Waals surface area contributed by atoms with Gasteiger partial charge in [0.05, 0.1) is 5.92 Å². The Balaban J connectivity index is 1.60. The van der Waals surface area contributed by atoms with Gasteiger partial charge in [-0.25, -0.2) is 0 Å². The van der Waals surface area contributed by atoms with Gasteiger partial charge in [0, 0.05) is 17.6 Å². The van der Waals surface area contributed by atoms with Gasteiger partial charge in [-0.15, -0.1) is 0 Å². The lowest BCUT2D eigenvalue weighted by molar-refractivity contribution is -0.117. The quantitative estimate of drug-likeness (QED) is 0.327. The molecule has 3 nitrogen and oxygen atoms in total. The lowest BCUT2D eigenvalue weighted by Gasteiger charge is -2.22. The molecule has 3 aromatic carbocycles. The van der Waals surface area contributed by atoms with Gasteiger partial charge in [-0.3, -0.25) is 9.78 Å². The number of hydrogen-bond donors (Lipinski definition) is 1. The first-order chi connectivity index (χ1) is 16.0. The first-order valence-electron chi connectivity index (χ1n) is 11.5. The Kier molecular flexibility index (Phi) is 6.99. The lowest BCUT2D eigenvalue weighted by atomic mass is 9.84. The summed E-state index contributed by atoms with van der Waals surface area (Å²) in [5.74, 6) is 0.186. The van der Waals surface area contributed by atoms with Gasteiger partial charge in [0.15, 0.2) is 0 Å². The number of pyridine rings is 1. The highest BCUT2D eigenvalue weighted by Gasteiger charge is 2.24. The van der Waals surface area contributed by atoms with E-state index in [4.69, 9.17) is 0 Å². The maximum absolute atomic E-state index is 13.5. The molecule has 1 amide bonds. The topological polar surface area (TPSA) is 42.0 Å². The van der Waals surface area contributed by atoms with Crippen molar-refractivity contribution in [3.63, 3.8) is 0 Å². The predicted octanol–water partition coefficient (Wildman–Crippen LogP) is 7.49. The fraction of sp³-hybridized carbons (Fsp3) is 0.200. The van der Waals surface area contributed by atoms with Crippen molar-refractivity contribution in [2.75, 3.05) is 5.32 Å². The highest BCUT2D eigenvalue weighted by Crippen LogP contribution is 2.34. The summed E-state index contributed by atoms with van der Waals surface area (Å²) in [6.07, 6.45) is 2.60. The number of aryl methyl sites for hydroxylation is 1. The van der Waals surface area contributed by atoms with Crippen LogP contribution in [-0.4, -0.2) is 10.9 Å². The molecule has 0 bridgehead atoms. The molecule has 4 aromatic rings. The van der Waals surface area contributed by atoms with E-state index in [-0.39, 0.29) is 11.8 Å². The molecule has 0 saturated heterocycles. The summed E-state index contributed by atoms with van der Waals surface area (Å²) in [5, 5.41) is 3.16. The van der Waals surface area contributed by atoms with E-state index >= 15 is 0 Å². The van der Waals surface area contributed by atoms with E-state index in [1.54, 1.807) is 0 Å². The Morgan fingerprint density at radius 3 is 2.21 bits per heavy atom. The Labute approximate surface area is 196 Å². The fourth-order valence-electron chi connectivity index (χ4n) is 4.23. The number of carbonyl (C=O) groups excluding carboxylic acids is 1. The zero-order valence-electron chi connectivity index (χ0n) is 19.5. The van der Waals surface area contributed by atoms with Gasteiger partial charge in [-0.1, -0.05) is 80.6 Å². The number of nitrogens with one attached hydrogen (secondary N) is 1. The van der Waals surface area contributed by atoms with Gasteiger partial charge >= 0.3 is 0 Å². The van der Waals surface area contributed by atoms with Crippen LogP contribution in [-0.2, 0) is 4.79 Å². The van der Waals surface area contributed by atoms with Crippen molar-refractivity contribution >= 4 is 11.6 Å². The van der Waals surface area contributed by atoms with E-state index in [0.717, 1.165) is 45.6 Å². The largest absolute Gasteiger partial charge is 0.326 e. The van der Waals surface area contributed by atoms with Crippen molar-refractivity contribution in [2.24, 2.45) is 5.92 Å². The Hall–Kier alpha value is -3.72. The minimum Gasteiger partial charge on any atom is -0.326 e. The van der Waals surface area contributed by atoms with Crippen molar-refractivity contribution in [2.45, 2.75) is 33.1 Å². The molecule has 166 valence electrons. The molecule has 1 N–H and O–H groups in total. The predicted molar refractivity (Wildman–Crippen MR) is 137 cm³/mol. The molecule has 3 heteroatoms. The summed E-state index contributed by atoms with van der Waals surface area (Å²) in [5.41, 5.74) is 7.33. The minimum atomic E-state index is -0.232. The first kappa shape index (κ1) is 22.5. The van der Waals surface area contributed by atoms with Crippen LogP contribution in [0.4, 0.5) is 5.69 Å². The molecule has 0 aliphatic heterocycles. The third kappa shape index (κ3) is 5.56. The molecule has 0 radical (unpaired) electrons. The van der Waals surface area contributed by atoms with Gasteiger partial charge < -0.3 is 5.32 Å². The maximum Gasteiger partial charge on any atom is 0.231 e. The van der Waals surface area contributed by atoms with Crippen LogP contribution in [0.2, 0.25) is 0 Å². The molecule has 1 unspecified atom stereocenters. The van der Waals surface area contributed by atoms with Gasteiger partial charge in [-0.2, -0.15) is 0 Å². The van der Waals surface area contributed by atoms with Gasteiger partial charge in [0.25, 0.3) is 0 Å². The molecule has 0 fully saturated rings. The number of nitrogens with zero attached hydrogens (tertiary/aromatic N) is 1. The van der Waals surface area contributed by atoms with E-state index in [1.165, 1.54) is 0 Å². The number of aromatic nitrogens is 1. The smallest absolute Gasteiger partial charge is 0.231 e. The van der Waals surface area contributed by atoms with Crippen LogP contribution in [0, 0.1) is 12.8 Å². The minimum absolute atomic E-state index is 0.0274. The van der Waals surface area contributed by atoms with E-state index < -0.39 is 0 Å². The van der Waals surface area contributed by atoms with Crippen LogP contribution in [0.25, 0.3) is 22.3 Å². The first-order valence-corrected chi connectivity index (χ1v) is 11.5. The molecule has 1 aromatic heterocycles. The molecule has 4 rings (SSSR count). The monoisotopic (exact) mass is 434 g/mol. The van der Waals surface area contributed by atoms with E-state index in [9.17, 15) is 4.79 Å². The molecule has 1 heterocycles. The highest BCUT2D eigenvalue weighted by atomic mass is 16.1. The summed E-state index contributed by atoms with van der Waals surface area (Å²) < 4.78 is 0. The molecule has 0 aliphatic carbocycles. The SMILES string of the molecule is Cc1cc(-c2ccc(NC(=O)C(CC(C)C)c3ccccc3-c3ccccc3)cc2)ccn1. The highest BCUT2D eigenvalue weighted by molar-refractivity contribution is 5.97. The number of anilines is 1. The fourth-order valence-corrected chi connectivity index (χ4v) is 4.23. The second kappa shape index (κ2) is 10.3. The van der Waals surface area contributed by atoms with Gasteiger partial charge in [0.2, 0.25) is 5.91 Å². The van der Waals surface area contributed by atoms with Crippen LogP contribution < -0.4 is 5.32 Å². The van der Waals surface area contributed by atoms with E-state index in [0.29, 0.717) is 5.92 Å². The van der Waals surface area contributed by atoms with Crippen molar-refractivity contribution in [3.05, 3.63) is 108 Å². The zero-order chi connectivity index (χ0) is 23.2. The normalized spacial score (nSPS) is 11.9. The summed E-state index contributed by atoms with van der Waals surface area (Å²) in [6.45, 7) is 6.31. The number of rotatable bonds is 7. The summed E-state index contributed by atoms with van der Waals surface area (Å²) in [6, 6.07) is 30.6. The third-order valence-electron chi connectivity index (χ3n) is 5.83. The van der Waals surface area contributed by atoms with Crippen LogP contribution >= 0.6 is 0 Å². The van der Waals surface area contributed by atoms with Crippen LogP contribution in [0.1, 0.15) is 37.4 Å². The standard InChI is InChI=1S/C30H30N2O/c1-21(2)19-29(28-12-8-7-11-27(28)24-9-5-4-6-10-24)30(33)32-26-15-13-23(14-16-26)25-17-18-31-22(3)20-25/h4-18,20-21,29H,19H2,1-3H3,(H,32,33). The van der Waals surface area contributed by atoms with Crippen LogP contribution in [0.5, 0.6) is 0 Å². The second-order valence-electron chi connectivity index (χ2n) is 8.89. The lowest BCUT2D eigenvalue weighted by Crippen LogP contribution is -2.23. The average molecular weight is 435 g/mol. The van der Waals surface area contributed by atoms with Crippen molar-refractivity contribution in [1.29, 1.82) is 0 Å². The summed E-state index contributed by atoms with van der Waals surface area (Å²) in [4.78, 5) is 17.8. The molecule has 33 heavy (non-hydrogen) atoms. The Morgan fingerprint density at radius 2 is 1.52 bits per heavy atom. The maximum atomic E-state index is 13.5. The third-order valence-corrected chi connectivity index (χ3v) is 5.83. The Bertz CT molecular complexity index is 1210. The summed E-state index contributed by atoms with van der Waals surface area (Å²) >= 11 is 0. The van der Waals surface area contributed by atoms with Gasteiger partial charge in [-0.05, 0) is 71.3 Å². The van der Waals surface area contributed by atoms with E-state index in [2.05, 4.69) is 54.5 Å². The summed E-state index contributed by atoms with van der Waals surface area (Å²) in [7, 11) is 0. The average Bonchev–Trinajstić information content (AvgIpc) is 2.83. The molecule has 0 aliphatic rings. The second-order valence-corrected chi connectivity index (χ2v) is 8.89. The number of amides is 1. The van der Waals surface area contributed by atoms with Crippen LogP contribution in [0.15, 0.2) is 97.2 Å². The molecule has 0 spiro atoms. The van der Waals surface area contributed by atoms with Gasteiger partial charge in [0.1, 0.15) is 0 Å². The van der Waals surface area contributed by atoms with Crippen molar-refractivity contribution in [1.82, 2.24) is 4.98 Å². The number of benzene rings is 3. The number of hydrogen-bond acceptors (Lipinski definition) is 2. The molecule has 0 saturated carbocycles. The Morgan fingerprint density at radius 1 is 0.818 bits per heavy atom. The molecule has 1 atom stereocenters. The zero-order valence-corrected chi connectivity index (χ0v) is 19.5. The van der Waals surface area contributed by atoms with E-state index in [1.807, 2.05) is 73.8 Å². The molecular formula is C30H30N2O. The van der Waals surface area contributed by atoms with Crippen molar-refractivity contribution < 1.29 is 4.79 Å². The number of carbonyl (C=O) groups is 1. The van der Waals surface area contributed by atoms with Crippen molar-refractivity contribution in [3.8, 4) is 22.3 Å². The molecular weight excluding hydrogens is 404 g/mol.